The van der Waals surface area contributed by atoms with E-state index in [0.29, 0.717) is 5.92 Å². The highest BCUT2D eigenvalue weighted by atomic mass is 79.9. The van der Waals surface area contributed by atoms with Crippen LogP contribution in [0.15, 0.2) is 15.0 Å². The van der Waals surface area contributed by atoms with Gasteiger partial charge in [0.15, 0.2) is 5.75 Å². The van der Waals surface area contributed by atoms with Crippen LogP contribution in [-0.2, 0) is 6.42 Å². The van der Waals surface area contributed by atoms with Crippen LogP contribution >= 0.6 is 31.9 Å². The highest BCUT2D eigenvalue weighted by Gasteiger charge is 2.41. The van der Waals surface area contributed by atoms with E-state index in [0.717, 1.165) is 58.4 Å². The van der Waals surface area contributed by atoms with Crippen molar-refractivity contribution < 1.29 is 14.6 Å². The lowest BCUT2D eigenvalue weighted by molar-refractivity contribution is -0.0716. The number of benzene rings is 1. The summed E-state index contributed by atoms with van der Waals surface area (Å²) in [7, 11) is 3.31. The van der Waals surface area contributed by atoms with Crippen LogP contribution in [0.3, 0.4) is 0 Å². The van der Waals surface area contributed by atoms with E-state index in [2.05, 4.69) is 36.8 Å². The molecule has 0 aliphatic carbocycles. The maximum atomic E-state index is 10.6. The molecule has 0 saturated carbocycles. The maximum Gasteiger partial charge on any atom is 0.150 e. The van der Waals surface area contributed by atoms with Crippen molar-refractivity contribution in [1.82, 2.24) is 4.90 Å². The molecule has 3 heterocycles. The first-order chi connectivity index (χ1) is 10.6. The second kappa shape index (κ2) is 6.67. The number of rotatable bonds is 4. The summed E-state index contributed by atoms with van der Waals surface area (Å²) in [4.78, 5) is 2.41. The molecule has 0 aromatic heterocycles. The molecule has 2 bridgehead atoms. The minimum Gasteiger partial charge on any atom is -0.495 e. The van der Waals surface area contributed by atoms with E-state index in [1.807, 2.05) is 6.07 Å². The number of aliphatic hydroxyl groups excluding tert-OH is 1. The van der Waals surface area contributed by atoms with E-state index in [1.165, 1.54) is 0 Å². The van der Waals surface area contributed by atoms with E-state index < -0.39 is 0 Å². The lowest BCUT2D eigenvalue weighted by Gasteiger charge is -2.49. The molecule has 6 heteroatoms. The van der Waals surface area contributed by atoms with Crippen LogP contribution in [0.1, 0.15) is 18.4 Å². The van der Waals surface area contributed by atoms with Gasteiger partial charge in [0.2, 0.25) is 0 Å². The van der Waals surface area contributed by atoms with E-state index in [4.69, 9.17) is 9.47 Å². The molecule has 1 N–H and O–H groups in total. The Morgan fingerprint density at radius 3 is 2.36 bits per heavy atom. The number of halogens is 2. The van der Waals surface area contributed by atoms with Gasteiger partial charge in [-0.3, -0.25) is 4.90 Å². The van der Waals surface area contributed by atoms with Crippen LogP contribution in [0, 0.1) is 5.92 Å². The van der Waals surface area contributed by atoms with E-state index >= 15 is 0 Å². The largest absolute Gasteiger partial charge is 0.495 e. The Kier molecular flexibility index (Phi) is 5.02. The van der Waals surface area contributed by atoms with Crippen LogP contribution in [0.25, 0.3) is 0 Å². The first-order valence-electron chi connectivity index (χ1n) is 7.57. The third kappa shape index (κ3) is 2.79. The molecule has 1 aromatic carbocycles. The number of methoxy groups -OCH3 is 2. The van der Waals surface area contributed by atoms with Gasteiger partial charge >= 0.3 is 0 Å². The number of fused-ring (bicyclic) bond motifs is 3. The summed E-state index contributed by atoms with van der Waals surface area (Å²) < 4.78 is 12.7. The highest BCUT2D eigenvalue weighted by molar-refractivity contribution is 9.11. The van der Waals surface area contributed by atoms with Crippen LogP contribution in [0.4, 0.5) is 0 Å². The molecule has 4 nitrogen and oxygen atoms in total. The van der Waals surface area contributed by atoms with Gasteiger partial charge in [0.1, 0.15) is 10.2 Å². The van der Waals surface area contributed by atoms with Crippen molar-refractivity contribution in [3.63, 3.8) is 0 Å². The molecule has 3 aliphatic heterocycles. The van der Waals surface area contributed by atoms with Gasteiger partial charge in [0.05, 0.1) is 24.8 Å². The average Bonchev–Trinajstić information content (AvgIpc) is 2.51. The van der Waals surface area contributed by atoms with Crippen molar-refractivity contribution in [2.75, 3.05) is 27.3 Å². The summed E-state index contributed by atoms with van der Waals surface area (Å²) in [5.74, 6) is 1.97. The molecule has 0 amide bonds. The normalized spacial score (nSPS) is 30.4. The summed E-state index contributed by atoms with van der Waals surface area (Å²) >= 11 is 7.12. The van der Waals surface area contributed by atoms with Crippen molar-refractivity contribution in [3.8, 4) is 11.5 Å². The van der Waals surface area contributed by atoms with Gasteiger partial charge in [0.25, 0.3) is 0 Å². The number of hydrogen-bond donors (Lipinski definition) is 1. The zero-order valence-electron chi connectivity index (χ0n) is 12.8. The summed E-state index contributed by atoms with van der Waals surface area (Å²) in [6.45, 7) is 2.18. The first kappa shape index (κ1) is 16.6. The Balaban J connectivity index is 1.92. The average molecular weight is 435 g/mol. The first-order valence-corrected chi connectivity index (χ1v) is 9.16. The molecule has 3 saturated heterocycles. The number of aliphatic hydroxyl groups is 1. The lowest BCUT2D eigenvalue weighted by Crippen LogP contribution is -2.58. The smallest absolute Gasteiger partial charge is 0.150 e. The Morgan fingerprint density at radius 1 is 1.18 bits per heavy atom. The molecule has 0 spiro atoms. The van der Waals surface area contributed by atoms with Gasteiger partial charge in [-0.15, -0.1) is 0 Å². The van der Waals surface area contributed by atoms with E-state index in [1.54, 1.807) is 14.2 Å². The molecule has 3 aliphatic rings. The molecule has 22 heavy (non-hydrogen) atoms. The zero-order chi connectivity index (χ0) is 15.9. The van der Waals surface area contributed by atoms with Gasteiger partial charge < -0.3 is 14.6 Å². The van der Waals surface area contributed by atoms with E-state index in [-0.39, 0.29) is 12.1 Å². The second-order valence-corrected chi connectivity index (χ2v) is 7.68. The second-order valence-electron chi connectivity index (χ2n) is 6.03. The molecule has 1 aromatic rings. The minimum atomic E-state index is -0.244. The van der Waals surface area contributed by atoms with Crippen molar-refractivity contribution in [3.05, 3.63) is 20.6 Å². The lowest BCUT2D eigenvalue weighted by atomic mass is 9.78. The molecule has 2 unspecified atom stereocenters. The Bertz CT molecular complexity index is 557. The maximum absolute atomic E-state index is 10.6. The standard InChI is InChI=1S/C16H21Br2NO3/c1-21-15-10(7-11(17)16(22-2)13(15)18)8-12-14(20)9-3-5-19(12)6-4-9/h7,9,12,14,20H,3-6,8H2,1-2H3. The zero-order valence-corrected chi connectivity index (χ0v) is 16.0. The topological polar surface area (TPSA) is 41.9 Å². The SMILES string of the molecule is COc1c(Br)cc(CC2C(O)C3CCN2CC3)c(OC)c1Br. The molecule has 2 atom stereocenters. The number of piperidine rings is 3. The van der Waals surface area contributed by atoms with Gasteiger partial charge in [-0.25, -0.2) is 0 Å². The quantitative estimate of drug-likeness (QED) is 0.789. The van der Waals surface area contributed by atoms with Crippen LogP contribution in [-0.4, -0.2) is 49.5 Å². The van der Waals surface area contributed by atoms with Gasteiger partial charge in [-0.1, -0.05) is 0 Å². The highest BCUT2D eigenvalue weighted by Crippen LogP contribution is 2.44. The molecule has 4 rings (SSSR count). The molecule has 3 fully saturated rings. The van der Waals surface area contributed by atoms with Crippen LogP contribution in [0.5, 0.6) is 11.5 Å². The fourth-order valence-corrected chi connectivity index (χ4v) is 5.48. The van der Waals surface area contributed by atoms with Gasteiger partial charge in [-0.2, -0.15) is 0 Å². The fraction of sp³-hybridized carbons (Fsp3) is 0.625. The fourth-order valence-electron chi connectivity index (χ4n) is 3.79. The Labute approximate surface area is 148 Å². The Hall–Kier alpha value is -0.300. The van der Waals surface area contributed by atoms with Crippen molar-refractivity contribution in [2.45, 2.75) is 31.4 Å². The summed E-state index contributed by atoms with van der Waals surface area (Å²) in [5, 5.41) is 10.6. The van der Waals surface area contributed by atoms with Crippen molar-refractivity contribution in [1.29, 1.82) is 0 Å². The van der Waals surface area contributed by atoms with Gasteiger partial charge in [-0.05, 0) is 81.8 Å². The third-order valence-corrected chi connectivity index (χ3v) is 6.28. The predicted octanol–water partition coefficient (Wildman–Crippen LogP) is 3.23. The minimum absolute atomic E-state index is 0.175. The summed E-state index contributed by atoms with van der Waals surface area (Å²) in [6.07, 6.45) is 2.77. The molecule has 0 radical (unpaired) electrons. The van der Waals surface area contributed by atoms with Crippen molar-refractivity contribution in [2.24, 2.45) is 5.92 Å². The van der Waals surface area contributed by atoms with E-state index in [9.17, 15) is 5.11 Å². The number of nitrogens with zero attached hydrogens (tertiary/aromatic N) is 1. The van der Waals surface area contributed by atoms with Gasteiger partial charge in [0, 0.05) is 6.04 Å². The Morgan fingerprint density at radius 2 is 1.82 bits per heavy atom. The molecule has 122 valence electrons. The number of hydrogen-bond acceptors (Lipinski definition) is 4. The summed E-state index contributed by atoms with van der Waals surface area (Å²) in [6, 6.07) is 2.21. The third-order valence-electron chi connectivity index (χ3n) is 4.97. The van der Waals surface area contributed by atoms with Crippen molar-refractivity contribution >= 4 is 31.9 Å². The predicted molar refractivity (Wildman–Crippen MR) is 92.7 cm³/mol. The van der Waals surface area contributed by atoms with Crippen LogP contribution < -0.4 is 9.47 Å². The molecular weight excluding hydrogens is 414 g/mol. The van der Waals surface area contributed by atoms with Crippen LogP contribution in [0.2, 0.25) is 0 Å². The molecular formula is C16H21Br2NO3. The number of ether oxygens (including phenoxy) is 2. The monoisotopic (exact) mass is 433 g/mol. The summed E-state index contributed by atoms with van der Waals surface area (Å²) in [5.41, 5.74) is 1.08.